The lowest BCUT2D eigenvalue weighted by molar-refractivity contribution is -0.138. The number of carbonyl (C=O) groups excluding carboxylic acids is 2. The van der Waals surface area contributed by atoms with Crippen molar-refractivity contribution in [2.24, 2.45) is 11.8 Å². The van der Waals surface area contributed by atoms with Gasteiger partial charge in [0.1, 0.15) is 17.5 Å². The molecule has 2 aromatic rings. The standard InChI is InChI=1S/C25H29F3N2O3S/c1-5-16-7-14(3)8-17(6-2)22(16)23-20(31)9-18(10-21(23)32)15(4)13-34(33)24-29-11-19(12-30-24)25(26,27)28/h7-8,11-12,15,18,23H,5-6,9-10,13H2,1-4H3. The molecule has 0 aliphatic heterocycles. The fourth-order valence-electron chi connectivity index (χ4n) is 4.67. The highest BCUT2D eigenvalue weighted by Crippen LogP contribution is 2.38. The van der Waals surface area contributed by atoms with Gasteiger partial charge in [0.05, 0.1) is 16.4 Å². The van der Waals surface area contributed by atoms with E-state index in [0.29, 0.717) is 12.4 Å². The number of aryl methyl sites for hydroxylation is 3. The Morgan fingerprint density at radius 1 is 1.03 bits per heavy atom. The largest absolute Gasteiger partial charge is 0.419 e. The van der Waals surface area contributed by atoms with Crippen molar-refractivity contribution >= 4 is 22.4 Å². The molecule has 1 aliphatic carbocycles. The second kappa shape index (κ2) is 10.5. The van der Waals surface area contributed by atoms with Crippen molar-refractivity contribution in [3.05, 3.63) is 52.3 Å². The lowest BCUT2D eigenvalue weighted by Gasteiger charge is -2.32. The number of nitrogens with zero attached hydrogens (tertiary/aromatic N) is 2. The Morgan fingerprint density at radius 3 is 1.97 bits per heavy atom. The first-order chi connectivity index (χ1) is 16.0. The fourth-order valence-corrected chi connectivity index (χ4v) is 5.91. The molecule has 1 aromatic heterocycles. The smallest absolute Gasteiger partial charge is 0.299 e. The maximum atomic E-state index is 13.2. The maximum Gasteiger partial charge on any atom is 0.419 e. The number of hydrogen-bond acceptors (Lipinski definition) is 5. The van der Waals surface area contributed by atoms with Crippen LogP contribution in [0.1, 0.15) is 67.3 Å². The molecular weight excluding hydrogens is 465 g/mol. The second-order valence-electron chi connectivity index (χ2n) is 8.98. The zero-order valence-electron chi connectivity index (χ0n) is 19.7. The predicted octanol–water partition coefficient (Wildman–Crippen LogP) is 5.00. The molecule has 1 saturated carbocycles. The van der Waals surface area contributed by atoms with E-state index in [1.807, 2.05) is 32.9 Å². The average molecular weight is 495 g/mol. The van der Waals surface area contributed by atoms with Gasteiger partial charge >= 0.3 is 6.18 Å². The van der Waals surface area contributed by atoms with Crippen LogP contribution in [-0.2, 0) is 39.4 Å². The number of ketones is 2. The first-order valence-electron chi connectivity index (χ1n) is 11.4. The van der Waals surface area contributed by atoms with Gasteiger partial charge in [0, 0.05) is 31.0 Å². The third kappa shape index (κ3) is 5.62. The molecule has 0 spiro atoms. The third-order valence-corrected chi connectivity index (χ3v) is 7.94. The summed E-state index contributed by atoms with van der Waals surface area (Å²) in [5, 5.41) is -0.189. The summed E-state index contributed by atoms with van der Waals surface area (Å²) in [6, 6.07) is 4.08. The molecule has 1 fully saturated rings. The van der Waals surface area contributed by atoms with Crippen LogP contribution < -0.4 is 0 Å². The minimum atomic E-state index is -4.57. The normalized spacial score (nSPS) is 20.9. The van der Waals surface area contributed by atoms with Crippen LogP contribution in [0.4, 0.5) is 13.2 Å². The molecule has 0 saturated heterocycles. The van der Waals surface area contributed by atoms with Crippen LogP contribution in [0.25, 0.3) is 0 Å². The topological polar surface area (TPSA) is 77.0 Å². The summed E-state index contributed by atoms with van der Waals surface area (Å²) in [6.07, 6.45) is -1.49. The molecule has 1 aromatic carbocycles. The van der Waals surface area contributed by atoms with Gasteiger partial charge in [-0.2, -0.15) is 13.2 Å². The van der Waals surface area contributed by atoms with Crippen molar-refractivity contribution in [1.82, 2.24) is 9.97 Å². The first kappa shape index (κ1) is 26.2. The molecule has 3 rings (SSSR count). The van der Waals surface area contributed by atoms with Crippen LogP contribution in [0.3, 0.4) is 0 Å². The summed E-state index contributed by atoms with van der Waals surface area (Å²) in [7, 11) is -1.74. The summed E-state index contributed by atoms with van der Waals surface area (Å²) < 4.78 is 50.7. The molecule has 1 aliphatic rings. The minimum absolute atomic E-state index is 0.0617. The summed E-state index contributed by atoms with van der Waals surface area (Å²) in [5.74, 6) is -1.51. The monoisotopic (exact) mass is 494 g/mol. The molecule has 34 heavy (non-hydrogen) atoms. The Hall–Kier alpha value is -2.42. The quantitative estimate of drug-likeness (QED) is 0.400. The Kier molecular flexibility index (Phi) is 8.06. The number of benzene rings is 1. The molecule has 0 N–H and O–H groups in total. The van der Waals surface area contributed by atoms with Gasteiger partial charge in [0.2, 0.25) is 5.16 Å². The molecule has 0 radical (unpaired) electrons. The Morgan fingerprint density at radius 2 is 1.53 bits per heavy atom. The SMILES string of the molecule is CCc1cc(C)cc(CC)c1C1C(=O)CC(C(C)CS(=O)c2ncc(C(F)(F)F)cn2)CC1=O. The van der Waals surface area contributed by atoms with Crippen LogP contribution in [0, 0.1) is 18.8 Å². The van der Waals surface area contributed by atoms with E-state index in [1.165, 1.54) is 0 Å². The van der Waals surface area contributed by atoms with Crippen LogP contribution in [0.5, 0.6) is 0 Å². The van der Waals surface area contributed by atoms with E-state index >= 15 is 0 Å². The first-order valence-corrected chi connectivity index (χ1v) is 12.7. The highest BCUT2D eigenvalue weighted by atomic mass is 32.2. The van der Waals surface area contributed by atoms with Crippen LogP contribution in [-0.4, -0.2) is 31.5 Å². The molecule has 0 bridgehead atoms. The average Bonchev–Trinajstić information content (AvgIpc) is 2.78. The predicted molar refractivity (Wildman–Crippen MR) is 123 cm³/mol. The van der Waals surface area contributed by atoms with Crippen molar-refractivity contribution in [2.45, 2.75) is 70.6 Å². The lowest BCUT2D eigenvalue weighted by Crippen LogP contribution is -2.36. The van der Waals surface area contributed by atoms with Crippen molar-refractivity contribution in [3.63, 3.8) is 0 Å². The van der Waals surface area contributed by atoms with Gasteiger partial charge in [-0.25, -0.2) is 9.97 Å². The van der Waals surface area contributed by atoms with E-state index in [9.17, 15) is 27.0 Å². The van der Waals surface area contributed by atoms with E-state index in [1.54, 1.807) is 6.92 Å². The molecule has 2 atom stereocenters. The summed E-state index contributed by atoms with van der Waals surface area (Å²) in [4.78, 5) is 33.6. The third-order valence-electron chi connectivity index (χ3n) is 6.49. The van der Waals surface area contributed by atoms with E-state index in [2.05, 4.69) is 9.97 Å². The van der Waals surface area contributed by atoms with Crippen molar-refractivity contribution < 1.29 is 27.0 Å². The lowest BCUT2D eigenvalue weighted by atomic mass is 9.70. The molecule has 5 nitrogen and oxygen atoms in total. The van der Waals surface area contributed by atoms with Gasteiger partial charge in [-0.1, -0.05) is 38.5 Å². The highest BCUT2D eigenvalue weighted by Gasteiger charge is 2.40. The molecule has 0 amide bonds. The van der Waals surface area contributed by atoms with Crippen molar-refractivity contribution in [3.8, 4) is 0 Å². The van der Waals surface area contributed by atoms with Gasteiger partial charge in [0.25, 0.3) is 0 Å². The molecule has 9 heteroatoms. The molecule has 1 heterocycles. The van der Waals surface area contributed by atoms with Crippen LogP contribution in [0.15, 0.2) is 29.7 Å². The summed E-state index contributed by atoms with van der Waals surface area (Å²) in [6.45, 7) is 7.83. The van der Waals surface area contributed by atoms with Gasteiger partial charge < -0.3 is 0 Å². The number of alkyl halides is 3. The summed E-state index contributed by atoms with van der Waals surface area (Å²) in [5.41, 5.74) is 2.99. The molecule has 2 unspecified atom stereocenters. The van der Waals surface area contributed by atoms with Gasteiger partial charge in [-0.3, -0.25) is 13.8 Å². The number of halogens is 3. The van der Waals surface area contributed by atoms with Gasteiger partial charge in [-0.05, 0) is 48.3 Å². The van der Waals surface area contributed by atoms with E-state index in [0.717, 1.165) is 35.1 Å². The van der Waals surface area contributed by atoms with Crippen LogP contribution in [0.2, 0.25) is 0 Å². The van der Waals surface area contributed by atoms with Crippen molar-refractivity contribution in [2.75, 3.05) is 5.75 Å². The Labute approximate surface area is 200 Å². The fraction of sp³-hybridized carbons (Fsp3) is 0.520. The Balaban J connectivity index is 1.74. The molecular formula is C25H29F3N2O3S. The number of rotatable bonds is 7. The number of aromatic nitrogens is 2. The van der Waals surface area contributed by atoms with E-state index in [-0.39, 0.29) is 47.2 Å². The maximum absolute atomic E-state index is 13.2. The van der Waals surface area contributed by atoms with Gasteiger partial charge in [0.15, 0.2) is 0 Å². The highest BCUT2D eigenvalue weighted by molar-refractivity contribution is 7.84. The number of Topliss-reactive ketones (excluding diaryl/α,β-unsaturated/α-hetero) is 2. The zero-order chi connectivity index (χ0) is 25.2. The number of carbonyl (C=O) groups is 2. The Bertz CT molecular complexity index is 1060. The zero-order valence-corrected chi connectivity index (χ0v) is 20.6. The van der Waals surface area contributed by atoms with Crippen molar-refractivity contribution in [1.29, 1.82) is 0 Å². The summed E-state index contributed by atoms with van der Waals surface area (Å²) >= 11 is 0. The van der Waals surface area contributed by atoms with E-state index < -0.39 is 28.5 Å². The number of hydrogen-bond donors (Lipinski definition) is 0. The second-order valence-corrected chi connectivity index (χ2v) is 10.4. The van der Waals surface area contributed by atoms with E-state index in [4.69, 9.17) is 0 Å². The minimum Gasteiger partial charge on any atom is -0.299 e. The van der Waals surface area contributed by atoms with Gasteiger partial charge in [-0.15, -0.1) is 0 Å². The molecule has 184 valence electrons. The van der Waals surface area contributed by atoms with Crippen LogP contribution >= 0.6 is 0 Å².